The molecule has 4 heteroatoms. The zero-order valence-corrected chi connectivity index (χ0v) is 10.4. The lowest BCUT2D eigenvalue weighted by atomic mass is 10.2. The lowest BCUT2D eigenvalue weighted by molar-refractivity contribution is 0.938. The van der Waals surface area contributed by atoms with Crippen molar-refractivity contribution in [3.8, 4) is 0 Å². The van der Waals surface area contributed by atoms with Crippen molar-refractivity contribution in [2.45, 2.75) is 13.8 Å². The van der Waals surface area contributed by atoms with Gasteiger partial charge >= 0.3 is 0 Å². The van der Waals surface area contributed by atoms with E-state index in [9.17, 15) is 0 Å². The van der Waals surface area contributed by atoms with Crippen LogP contribution in [0.15, 0.2) is 42.6 Å². The molecule has 2 heterocycles. The van der Waals surface area contributed by atoms with Crippen LogP contribution in [0.1, 0.15) is 11.3 Å². The molecule has 0 bridgehead atoms. The molecule has 0 radical (unpaired) electrons. The summed E-state index contributed by atoms with van der Waals surface area (Å²) in [7, 11) is 0. The second kappa shape index (κ2) is 4.14. The van der Waals surface area contributed by atoms with E-state index in [1.807, 2.05) is 19.1 Å². The predicted octanol–water partition coefficient (Wildman–Crippen LogP) is 3.09. The topological polar surface area (TPSA) is 42.2 Å². The summed E-state index contributed by atoms with van der Waals surface area (Å²) >= 11 is 0. The third-order valence-corrected chi connectivity index (χ3v) is 2.81. The maximum Gasteiger partial charge on any atom is 0.157 e. The van der Waals surface area contributed by atoms with E-state index in [1.165, 1.54) is 5.56 Å². The molecule has 0 saturated heterocycles. The van der Waals surface area contributed by atoms with Gasteiger partial charge in [-0.2, -0.15) is 9.61 Å². The van der Waals surface area contributed by atoms with E-state index in [0.29, 0.717) is 0 Å². The smallest absolute Gasteiger partial charge is 0.157 e. The summed E-state index contributed by atoms with van der Waals surface area (Å²) in [6, 6.07) is 12.2. The van der Waals surface area contributed by atoms with Crippen LogP contribution in [-0.4, -0.2) is 14.6 Å². The van der Waals surface area contributed by atoms with E-state index < -0.39 is 0 Å². The third-order valence-electron chi connectivity index (χ3n) is 2.81. The molecule has 1 N–H and O–H groups in total. The Morgan fingerprint density at radius 2 is 1.83 bits per heavy atom. The molecule has 18 heavy (non-hydrogen) atoms. The van der Waals surface area contributed by atoms with Crippen molar-refractivity contribution in [2.75, 3.05) is 5.32 Å². The molecule has 0 spiro atoms. The monoisotopic (exact) mass is 238 g/mol. The minimum Gasteiger partial charge on any atom is -0.340 e. The lowest BCUT2D eigenvalue weighted by Gasteiger charge is -2.09. The van der Waals surface area contributed by atoms with Crippen LogP contribution in [0.2, 0.25) is 0 Å². The van der Waals surface area contributed by atoms with Crippen molar-refractivity contribution >= 4 is 17.2 Å². The highest BCUT2D eigenvalue weighted by molar-refractivity contribution is 5.59. The SMILES string of the molecule is Cc1ccc(Nc2cc(C)nc3ccnn23)cc1. The van der Waals surface area contributed by atoms with Gasteiger partial charge in [-0.1, -0.05) is 17.7 Å². The Morgan fingerprint density at radius 3 is 2.61 bits per heavy atom. The Kier molecular flexibility index (Phi) is 2.48. The molecule has 0 aliphatic heterocycles. The van der Waals surface area contributed by atoms with Crippen LogP contribution in [0.3, 0.4) is 0 Å². The van der Waals surface area contributed by atoms with Crippen LogP contribution in [0, 0.1) is 13.8 Å². The summed E-state index contributed by atoms with van der Waals surface area (Å²) in [4.78, 5) is 4.41. The number of anilines is 2. The van der Waals surface area contributed by atoms with Gasteiger partial charge in [0.25, 0.3) is 0 Å². The number of hydrogen-bond acceptors (Lipinski definition) is 3. The first-order valence-electron chi connectivity index (χ1n) is 5.87. The molecule has 1 aromatic carbocycles. The largest absolute Gasteiger partial charge is 0.340 e. The van der Waals surface area contributed by atoms with E-state index in [1.54, 1.807) is 10.7 Å². The summed E-state index contributed by atoms with van der Waals surface area (Å²) in [6.45, 7) is 4.05. The van der Waals surface area contributed by atoms with Crippen molar-refractivity contribution in [3.05, 3.63) is 53.9 Å². The van der Waals surface area contributed by atoms with Crippen molar-refractivity contribution in [2.24, 2.45) is 0 Å². The lowest BCUT2D eigenvalue weighted by Crippen LogP contribution is -2.02. The van der Waals surface area contributed by atoms with E-state index in [4.69, 9.17) is 0 Å². The molecule has 0 atom stereocenters. The van der Waals surface area contributed by atoms with Crippen LogP contribution in [-0.2, 0) is 0 Å². The van der Waals surface area contributed by atoms with E-state index >= 15 is 0 Å². The normalized spacial score (nSPS) is 10.8. The number of aryl methyl sites for hydroxylation is 2. The van der Waals surface area contributed by atoms with E-state index in [-0.39, 0.29) is 0 Å². The second-order valence-corrected chi connectivity index (χ2v) is 4.37. The second-order valence-electron chi connectivity index (χ2n) is 4.37. The maximum atomic E-state index is 4.41. The van der Waals surface area contributed by atoms with Crippen LogP contribution < -0.4 is 5.32 Å². The third kappa shape index (κ3) is 1.93. The maximum absolute atomic E-state index is 4.41. The van der Waals surface area contributed by atoms with Crippen LogP contribution in [0.5, 0.6) is 0 Å². The van der Waals surface area contributed by atoms with Gasteiger partial charge in [0.2, 0.25) is 0 Å². The molecular weight excluding hydrogens is 224 g/mol. The Balaban J connectivity index is 2.03. The molecule has 2 aromatic heterocycles. The Labute approximate surface area is 105 Å². The Morgan fingerprint density at radius 1 is 1.06 bits per heavy atom. The van der Waals surface area contributed by atoms with Gasteiger partial charge < -0.3 is 5.32 Å². The number of aromatic nitrogens is 3. The number of fused-ring (bicyclic) bond motifs is 1. The fourth-order valence-corrected chi connectivity index (χ4v) is 1.91. The average Bonchev–Trinajstić information content (AvgIpc) is 2.80. The standard InChI is InChI=1S/C14H14N4/c1-10-3-5-12(6-4-10)17-14-9-11(2)16-13-7-8-15-18(13)14/h3-9,17H,1-2H3. The molecule has 0 aliphatic carbocycles. The number of benzene rings is 1. The van der Waals surface area contributed by atoms with Crippen LogP contribution in [0.25, 0.3) is 5.65 Å². The molecule has 0 amide bonds. The van der Waals surface area contributed by atoms with Gasteiger partial charge in [0.1, 0.15) is 5.82 Å². The molecule has 4 nitrogen and oxygen atoms in total. The average molecular weight is 238 g/mol. The summed E-state index contributed by atoms with van der Waals surface area (Å²) in [5.74, 6) is 0.923. The summed E-state index contributed by atoms with van der Waals surface area (Å²) < 4.78 is 1.80. The summed E-state index contributed by atoms with van der Waals surface area (Å²) in [6.07, 6.45) is 1.75. The van der Waals surface area contributed by atoms with Crippen molar-refractivity contribution in [3.63, 3.8) is 0 Å². The molecule has 0 saturated carbocycles. The van der Waals surface area contributed by atoms with Crippen molar-refractivity contribution in [1.82, 2.24) is 14.6 Å². The van der Waals surface area contributed by atoms with Gasteiger partial charge in [-0.15, -0.1) is 0 Å². The summed E-state index contributed by atoms with van der Waals surface area (Å²) in [5.41, 5.74) is 4.11. The van der Waals surface area contributed by atoms with Gasteiger partial charge in [-0.3, -0.25) is 0 Å². The molecular formula is C14H14N4. The van der Waals surface area contributed by atoms with Crippen LogP contribution in [0.4, 0.5) is 11.5 Å². The van der Waals surface area contributed by atoms with Crippen molar-refractivity contribution < 1.29 is 0 Å². The minimum atomic E-state index is 0.851. The molecule has 0 fully saturated rings. The quantitative estimate of drug-likeness (QED) is 0.746. The number of nitrogens with one attached hydrogen (secondary N) is 1. The molecule has 90 valence electrons. The Hall–Kier alpha value is -2.36. The fourth-order valence-electron chi connectivity index (χ4n) is 1.91. The zero-order valence-electron chi connectivity index (χ0n) is 10.4. The Bertz CT molecular complexity index is 683. The van der Waals surface area contributed by atoms with Gasteiger partial charge in [0.05, 0.1) is 6.20 Å². The van der Waals surface area contributed by atoms with Gasteiger partial charge in [-0.25, -0.2) is 4.98 Å². The van der Waals surface area contributed by atoms with Crippen molar-refractivity contribution in [1.29, 1.82) is 0 Å². The molecule has 0 unspecified atom stereocenters. The number of rotatable bonds is 2. The molecule has 3 aromatic rings. The predicted molar refractivity (Wildman–Crippen MR) is 72.2 cm³/mol. The number of hydrogen-bond donors (Lipinski definition) is 1. The van der Waals surface area contributed by atoms with E-state index in [0.717, 1.165) is 22.8 Å². The van der Waals surface area contributed by atoms with E-state index in [2.05, 4.69) is 46.6 Å². The molecule has 0 aliphatic rings. The zero-order chi connectivity index (χ0) is 12.5. The van der Waals surface area contributed by atoms with Crippen LogP contribution >= 0.6 is 0 Å². The minimum absolute atomic E-state index is 0.851. The highest BCUT2D eigenvalue weighted by atomic mass is 15.3. The van der Waals surface area contributed by atoms with Gasteiger partial charge in [0, 0.05) is 23.5 Å². The highest BCUT2D eigenvalue weighted by Gasteiger charge is 2.04. The molecule has 3 rings (SSSR count). The first-order chi connectivity index (χ1) is 8.72. The fraction of sp³-hybridized carbons (Fsp3) is 0.143. The first kappa shape index (κ1) is 10.8. The van der Waals surface area contributed by atoms with Gasteiger partial charge in [-0.05, 0) is 26.0 Å². The highest BCUT2D eigenvalue weighted by Crippen LogP contribution is 2.18. The first-order valence-corrected chi connectivity index (χ1v) is 5.87. The van der Waals surface area contributed by atoms with Gasteiger partial charge in [0.15, 0.2) is 5.65 Å². The number of nitrogens with zero attached hydrogens (tertiary/aromatic N) is 3. The summed E-state index contributed by atoms with van der Waals surface area (Å²) in [5, 5.41) is 7.63.